The molecule has 0 N–H and O–H groups in total. The summed E-state index contributed by atoms with van der Waals surface area (Å²) < 4.78 is 63.1. The lowest BCUT2D eigenvalue weighted by Gasteiger charge is -2.14. The quantitative estimate of drug-likeness (QED) is 0.0932. The predicted octanol–water partition coefficient (Wildman–Crippen LogP) is 5.81. The van der Waals surface area contributed by atoms with Crippen molar-refractivity contribution in [3.05, 3.63) is 66.2 Å². The van der Waals surface area contributed by atoms with E-state index in [1.165, 1.54) is 36.4 Å². The van der Waals surface area contributed by atoms with Crippen LogP contribution in [-0.2, 0) is 19.7 Å². The van der Waals surface area contributed by atoms with Gasteiger partial charge in [-0.3, -0.25) is 0 Å². The number of sulfone groups is 2. The molecule has 8 nitrogen and oxygen atoms in total. The van der Waals surface area contributed by atoms with Crippen molar-refractivity contribution in [2.45, 2.75) is 62.2 Å². The van der Waals surface area contributed by atoms with Gasteiger partial charge in [-0.15, -0.1) is 4.79 Å². The van der Waals surface area contributed by atoms with Gasteiger partial charge in [-0.1, -0.05) is 63.8 Å². The number of unbranched alkanes of at least 4 members (excludes halogenated alkanes) is 4. The van der Waals surface area contributed by atoms with Crippen LogP contribution in [0.1, 0.15) is 52.4 Å². The topological polar surface area (TPSA) is 123 Å². The Morgan fingerprint density at radius 3 is 1.78 bits per heavy atom. The van der Waals surface area contributed by atoms with Crippen LogP contribution in [0.5, 0.6) is 11.5 Å². The van der Waals surface area contributed by atoms with Gasteiger partial charge in [0.15, 0.2) is 11.5 Å². The van der Waals surface area contributed by atoms with Gasteiger partial charge in [-0.25, -0.2) is 16.8 Å². The maximum atomic E-state index is 13.3. The van der Waals surface area contributed by atoms with Crippen molar-refractivity contribution in [2.75, 3.05) is 13.2 Å². The van der Waals surface area contributed by atoms with Crippen molar-refractivity contribution in [3.8, 4) is 11.5 Å². The van der Waals surface area contributed by atoms with Gasteiger partial charge in [-0.2, -0.15) is 0 Å². The first kappa shape index (κ1) is 28.4. The average molecular weight is 545 g/mol. The molecule has 3 rings (SSSR count). The fourth-order valence-electron chi connectivity index (χ4n) is 3.75. The summed E-state index contributed by atoms with van der Waals surface area (Å²) in [5.74, 6) is 1.06. The summed E-state index contributed by atoms with van der Waals surface area (Å²) in [7, 11) is -9.27. The Labute approximate surface area is 218 Å². The van der Waals surface area contributed by atoms with Gasteiger partial charge in [-0.05, 0) is 60.0 Å². The average Bonchev–Trinajstić information content (AvgIpc) is 2.89. The smallest absolute Gasteiger partial charge is 0.490 e. The number of nitrogens with zero attached hydrogens (tertiary/aromatic N) is 2. The summed E-state index contributed by atoms with van der Waals surface area (Å²) in [6.45, 7) is 5.23. The third-order valence-electron chi connectivity index (χ3n) is 5.79. The lowest BCUT2D eigenvalue weighted by Crippen LogP contribution is -2.26. The summed E-state index contributed by atoms with van der Waals surface area (Å²) in [4.78, 5) is 2.09. The molecule has 0 bridgehead atoms. The molecule has 0 saturated heterocycles. The Kier molecular flexibility index (Phi) is 9.86. The van der Waals surface area contributed by atoms with E-state index in [-0.39, 0.29) is 9.79 Å². The number of hydrogen-bond acceptors (Lipinski definition) is 6. The van der Waals surface area contributed by atoms with E-state index in [0.717, 1.165) is 38.5 Å². The van der Waals surface area contributed by atoms with Crippen LogP contribution in [0.2, 0.25) is 0 Å². The van der Waals surface area contributed by atoms with E-state index < -0.39 is 24.1 Å². The molecule has 0 radical (unpaired) electrons. The summed E-state index contributed by atoms with van der Waals surface area (Å²) in [5.41, 5.74) is 9.47. The molecule has 0 atom stereocenters. The highest BCUT2D eigenvalue weighted by Crippen LogP contribution is 2.35. The molecule has 0 saturated carbocycles. The minimum absolute atomic E-state index is 0.292. The lowest BCUT2D eigenvalue weighted by atomic mass is 10.1. The molecule has 37 heavy (non-hydrogen) atoms. The summed E-state index contributed by atoms with van der Waals surface area (Å²) in [6, 6.07) is 14.6. The molecule has 0 aromatic heterocycles. The predicted molar refractivity (Wildman–Crippen MR) is 143 cm³/mol. The van der Waals surface area contributed by atoms with Crippen molar-refractivity contribution < 1.29 is 31.1 Å². The number of hydrogen-bond donors (Lipinski definition) is 0. The third-order valence-corrected chi connectivity index (χ3v) is 9.96. The second-order valence-electron chi connectivity index (χ2n) is 8.60. The van der Waals surface area contributed by atoms with E-state index in [2.05, 4.69) is 18.6 Å². The highest BCUT2D eigenvalue weighted by atomic mass is 32.3. The van der Waals surface area contributed by atoms with Gasteiger partial charge < -0.3 is 15.0 Å². The van der Waals surface area contributed by atoms with E-state index in [9.17, 15) is 22.4 Å². The van der Waals surface area contributed by atoms with Crippen molar-refractivity contribution in [3.63, 3.8) is 0 Å². The molecule has 0 fully saturated rings. The zero-order valence-corrected chi connectivity index (χ0v) is 22.7. The largest absolute Gasteiger partial charge is 0.504 e. The Balaban J connectivity index is 2.01. The van der Waals surface area contributed by atoms with E-state index in [0.29, 0.717) is 35.5 Å². The highest BCUT2D eigenvalue weighted by Gasteiger charge is 2.44. The molecule has 0 amide bonds. The molecular formula is C27H32N2O6S2. The molecular weight excluding hydrogens is 512 g/mol. The van der Waals surface area contributed by atoms with Gasteiger partial charge in [0.1, 0.15) is 0 Å². The number of rotatable bonds is 12. The van der Waals surface area contributed by atoms with E-state index in [4.69, 9.17) is 9.47 Å². The molecule has 3 aromatic rings. The zero-order valence-electron chi connectivity index (χ0n) is 21.1. The SMILES string of the molecule is CCCCCOc1cc2ccc(S(=O)(=O)C(=[N+]=[N-])S(=O)(=O)c3ccccc3)cc2cc1OCCCCC. The van der Waals surface area contributed by atoms with Crippen LogP contribution in [0, 0.1) is 0 Å². The van der Waals surface area contributed by atoms with E-state index >= 15 is 0 Å². The molecule has 198 valence electrons. The fraction of sp³-hybridized carbons (Fsp3) is 0.370. The molecule has 3 aromatic carbocycles. The standard InChI is InChI=1S/C27H32N2O6S2/c1-3-5-10-16-34-25-19-21-14-15-24(18-22(21)20-26(25)35-17-11-6-4-2)37(32,33)27(29-28)36(30,31)23-12-8-7-9-13-23/h7-9,12-15,18-20H,3-6,10-11,16-17H2,1-2H3. The lowest BCUT2D eigenvalue weighted by molar-refractivity contribution is 0.00380. The van der Waals surface area contributed by atoms with Crippen molar-refractivity contribution in [1.29, 1.82) is 0 Å². The first-order chi connectivity index (χ1) is 17.7. The Morgan fingerprint density at radius 2 is 1.24 bits per heavy atom. The monoisotopic (exact) mass is 544 g/mol. The van der Waals surface area contributed by atoms with Crippen LogP contribution < -0.4 is 9.47 Å². The van der Waals surface area contributed by atoms with Crippen LogP contribution in [0.4, 0.5) is 0 Å². The van der Waals surface area contributed by atoms with Crippen molar-refractivity contribution in [1.82, 2.24) is 0 Å². The molecule has 0 aliphatic heterocycles. The normalized spacial score (nSPS) is 11.7. The molecule has 0 spiro atoms. The molecule has 0 heterocycles. The van der Waals surface area contributed by atoms with Gasteiger partial charge in [0, 0.05) is 0 Å². The number of ether oxygens (including phenoxy) is 2. The number of benzene rings is 3. The van der Waals surface area contributed by atoms with Crippen LogP contribution in [0.25, 0.3) is 16.3 Å². The highest BCUT2D eigenvalue weighted by molar-refractivity contribution is 8.31. The fourth-order valence-corrected chi connectivity index (χ4v) is 7.14. The second kappa shape index (κ2) is 12.9. The first-order valence-electron chi connectivity index (χ1n) is 12.4. The molecule has 0 aliphatic rings. The van der Waals surface area contributed by atoms with E-state index in [1.54, 1.807) is 24.3 Å². The molecule has 10 heteroatoms. The molecule has 0 unspecified atom stereocenters. The number of fused-ring (bicyclic) bond motifs is 1. The third kappa shape index (κ3) is 6.77. The summed E-state index contributed by atoms with van der Waals surface area (Å²) >= 11 is 0. The van der Waals surface area contributed by atoms with Crippen molar-refractivity contribution >= 4 is 34.8 Å². The van der Waals surface area contributed by atoms with Gasteiger partial charge in [0.2, 0.25) is 0 Å². The van der Waals surface area contributed by atoms with Crippen LogP contribution in [0.15, 0.2) is 70.5 Å². The van der Waals surface area contributed by atoms with Crippen LogP contribution in [0.3, 0.4) is 0 Å². The van der Waals surface area contributed by atoms with Gasteiger partial charge in [0.05, 0.1) is 23.0 Å². The summed E-state index contributed by atoms with van der Waals surface area (Å²) in [5, 5.41) is 1.21. The van der Waals surface area contributed by atoms with Gasteiger partial charge >= 0.3 is 4.38 Å². The Morgan fingerprint density at radius 1 is 0.703 bits per heavy atom. The van der Waals surface area contributed by atoms with Crippen LogP contribution in [-0.4, -0.2) is 39.2 Å². The maximum absolute atomic E-state index is 13.3. The van der Waals surface area contributed by atoms with Crippen LogP contribution >= 0.6 is 0 Å². The van der Waals surface area contributed by atoms with E-state index in [1.807, 2.05) is 0 Å². The Hall–Kier alpha value is -3.20. The van der Waals surface area contributed by atoms with Gasteiger partial charge in [0.25, 0.3) is 19.7 Å². The molecule has 0 aliphatic carbocycles. The maximum Gasteiger partial charge on any atom is 0.504 e. The second-order valence-corrected chi connectivity index (χ2v) is 12.6. The zero-order chi connectivity index (χ0) is 26.9. The minimum Gasteiger partial charge on any atom is -0.490 e. The first-order valence-corrected chi connectivity index (χ1v) is 15.3. The van der Waals surface area contributed by atoms with Crippen molar-refractivity contribution in [2.24, 2.45) is 0 Å². The Bertz CT molecular complexity index is 1480. The summed E-state index contributed by atoms with van der Waals surface area (Å²) in [6.07, 6.45) is 5.94. The minimum atomic E-state index is -4.68.